The van der Waals surface area contributed by atoms with Crippen molar-refractivity contribution in [2.45, 2.75) is 6.92 Å². The Morgan fingerprint density at radius 1 is 1.16 bits per heavy atom. The molecule has 0 aliphatic carbocycles. The average Bonchev–Trinajstić information content (AvgIpc) is 3.04. The number of carbonyl (C=O) groups is 1. The largest absolute Gasteiger partial charge is 0.354 e. The van der Waals surface area contributed by atoms with Gasteiger partial charge in [0.2, 0.25) is 5.82 Å². The molecule has 4 rings (SSSR count). The molecule has 3 heterocycles. The number of anilines is 2. The van der Waals surface area contributed by atoms with Crippen molar-refractivity contribution in [2.24, 2.45) is 0 Å². The third-order valence-corrected chi connectivity index (χ3v) is 6.00. The zero-order valence-electron chi connectivity index (χ0n) is 13.9. The predicted molar refractivity (Wildman–Crippen MR) is 106 cm³/mol. The Hall–Kier alpha value is -2.12. The van der Waals surface area contributed by atoms with Crippen LogP contribution < -0.4 is 10.2 Å². The van der Waals surface area contributed by atoms with E-state index in [1.165, 1.54) is 4.88 Å². The number of thioether (sulfide) groups is 1. The Kier molecular flexibility index (Phi) is 4.59. The molecule has 1 aliphatic heterocycles. The SMILES string of the molecule is Cc1scc2nc(C(=O)Nc3ccccc3)nc(N3CCSCC3)c12. The van der Waals surface area contributed by atoms with Gasteiger partial charge in [-0.1, -0.05) is 18.2 Å². The van der Waals surface area contributed by atoms with Gasteiger partial charge in [-0.05, 0) is 19.1 Å². The first-order valence-corrected chi connectivity index (χ1v) is 10.2. The number of nitrogens with one attached hydrogen (secondary N) is 1. The Balaban J connectivity index is 1.73. The molecule has 1 N–H and O–H groups in total. The van der Waals surface area contributed by atoms with Gasteiger partial charge in [-0.25, -0.2) is 9.97 Å². The highest BCUT2D eigenvalue weighted by Crippen LogP contribution is 2.32. The number of nitrogens with zero attached hydrogens (tertiary/aromatic N) is 3. The molecule has 7 heteroatoms. The summed E-state index contributed by atoms with van der Waals surface area (Å²) in [4.78, 5) is 25.3. The Bertz CT molecular complexity index is 904. The lowest BCUT2D eigenvalue weighted by Gasteiger charge is -2.28. The maximum absolute atomic E-state index is 12.6. The van der Waals surface area contributed by atoms with Gasteiger partial charge in [-0.2, -0.15) is 11.8 Å². The second-order valence-electron chi connectivity index (χ2n) is 5.84. The number of benzene rings is 1. The number of thiophene rings is 1. The number of hydrogen-bond donors (Lipinski definition) is 1. The minimum atomic E-state index is -0.274. The normalized spacial score (nSPS) is 14.7. The fourth-order valence-electron chi connectivity index (χ4n) is 2.91. The Morgan fingerprint density at radius 3 is 2.68 bits per heavy atom. The van der Waals surface area contributed by atoms with Crippen molar-refractivity contribution in [1.29, 1.82) is 0 Å². The lowest BCUT2D eigenvalue weighted by molar-refractivity contribution is 0.101. The van der Waals surface area contributed by atoms with Gasteiger partial charge >= 0.3 is 0 Å². The molecule has 25 heavy (non-hydrogen) atoms. The molecular formula is C18H18N4OS2. The molecule has 1 amide bonds. The van der Waals surface area contributed by atoms with Crippen LogP contribution in [0.15, 0.2) is 35.7 Å². The van der Waals surface area contributed by atoms with Crippen LogP contribution in [0.4, 0.5) is 11.5 Å². The average molecular weight is 371 g/mol. The lowest BCUT2D eigenvalue weighted by atomic mass is 10.2. The van der Waals surface area contributed by atoms with Crippen molar-refractivity contribution in [3.05, 3.63) is 46.4 Å². The van der Waals surface area contributed by atoms with Gasteiger partial charge in [0.25, 0.3) is 5.91 Å². The second kappa shape index (κ2) is 7.01. The molecular weight excluding hydrogens is 352 g/mol. The summed E-state index contributed by atoms with van der Waals surface area (Å²) in [6.45, 7) is 3.99. The van der Waals surface area contributed by atoms with Crippen LogP contribution in [0.2, 0.25) is 0 Å². The number of hydrogen-bond acceptors (Lipinski definition) is 6. The van der Waals surface area contributed by atoms with E-state index in [1.54, 1.807) is 11.3 Å². The summed E-state index contributed by atoms with van der Waals surface area (Å²) in [7, 11) is 0. The number of aryl methyl sites for hydroxylation is 1. The zero-order chi connectivity index (χ0) is 17.2. The van der Waals surface area contributed by atoms with Crippen LogP contribution in [0.5, 0.6) is 0 Å². The molecule has 2 aromatic heterocycles. The highest BCUT2D eigenvalue weighted by atomic mass is 32.2. The van der Waals surface area contributed by atoms with E-state index in [0.29, 0.717) is 0 Å². The van der Waals surface area contributed by atoms with Crippen LogP contribution in [0, 0.1) is 6.92 Å². The molecule has 1 aliphatic rings. The maximum atomic E-state index is 12.6. The summed E-state index contributed by atoms with van der Waals surface area (Å²) >= 11 is 3.61. The Morgan fingerprint density at radius 2 is 1.92 bits per heavy atom. The summed E-state index contributed by atoms with van der Waals surface area (Å²) in [6, 6.07) is 9.40. The molecule has 1 aromatic carbocycles. The van der Waals surface area contributed by atoms with Crippen molar-refractivity contribution in [3.63, 3.8) is 0 Å². The Labute approximate surface area is 154 Å². The van der Waals surface area contributed by atoms with E-state index in [4.69, 9.17) is 0 Å². The van der Waals surface area contributed by atoms with E-state index < -0.39 is 0 Å². The highest BCUT2D eigenvalue weighted by Gasteiger charge is 2.21. The van der Waals surface area contributed by atoms with E-state index in [9.17, 15) is 4.79 Å². The summed E-state index contributed by atoms with van der Waals surface area (Å²) in [6.07, 6.45) is 0. The van der Waals surface area contributed by atoms with Crippen molar-refractivity contribution < 1.29 is 4.79 Å². The smallest absolute Gasteiger partial charge is 0.293 e. The number of rotatable bonds is 3. The standard InChI is InChI=1S/C18H18N4OS2/c1-12-15-14(11-25-12)20-16(18(23)19-13-5-3-2-4-6-13)21-17(15)22-7-9-24-10-8-22/h2-6,11H,7-10H2,1H3,(H,19,23). The highest BCUT2D eigenvalue weighted by molar-refractivity contribution is 7.99. The molecule has 5 nitrogen and oxygen atoms in total. The van der Waals surface area contributed by atoms with Gasteiger partial charge in [0.15, 0.2) is 0 Å². The molecule has 128 valence electrons. The molecule has 1 saturated heterocycles. The van der Waals surface area contributed by atoms with Crippen LogP contribution in [-0.2, 0) is 0 Å². The first kappa shape index (κ1) is 16.4. The number of para-hydroxylation sites is 1. The van der Waals surface area contributed by atoms with Gasteiger partial charge in [-0.15, -0.1) is 11.3 Å². The van der Waals surface area contributed by atoms with E-state index in [-0.39, 0.29) is 11.7 Å². The predicted octanol–water partition coefficient (Wildman–Crippen LogP) is 3.81. The van der Waals surface area contributed by atoms with E-state index in [2.05, 4.69) is 27.1 Å². The fraction of sp³-hybridized carbons (Fsp3) is 0.278. The summed E-state index contributed by atoms with van der Waals surface area (Å²) in [5.41, 5.74) is 1.59. The van der Waals surface area contributed by atoms with Gasteiger partial charge in [-0.3, -0.25) is 4.79 Å². The quantitative estimate of drug-likeness (QED) is 0.760. The lowest BCUT2D eigenvalue weighted by Crippen LogP contribution is -2.34. The number of fused-ring (bicyclic) bond motifs is 1. The molecule has 1 fully saturated rings. The molecule has 0 saturated carbocycles. The van der Waals surface area contributed by atoms with Crippen LogP contribution in [-0.4, -0.2) is 40.5 Å². The summed E-state index contributed by atoms with van der Waals surface area (Å²) < 4.78 is 0. The van der Waals surface area contributed by atoms with Crippen LogP contribution in [0.1, 0.15) is 15.5 Å². The third kappa shape index (κ3) is 3.34. The first-order valence-electron chi connectivity index (χ1n) is 8.17. The van der Waals surface area contributed by atoms with E-state index in [0.717, 1.165) is 47.0 Å². The molecule has 0 radical (unpaired) electrons. The van der Waals surface area contributed by atoms with Crippen LogP contribution in [0.25, 0.3) is 10.9 Å². The van der Waals surface area contributed by atoms with Gasteiger partial charge in [0.1, 0.15) is 5.82 Å². The van der Waals surface area contributed by atoms with Gasteiger partial charge < -0.3 is 10.2 Å². The van der Waals surface area contributed by atoms with Crippen molar-refractivity contribution in [2.75, 3.05) is 34.8 Å². The summed E-state index contributed by atoms with van der Waals surface area (Å²) in [5.74, 6) is 3.01. The minimum absolute atomic E-state index is 0.224. The summed E-state index contributed by atoms with van der Waals surface area (Å²) in [5, 5.41) is 5.96. The number of aromatic nitrogens is 2. The monoisotopic (exact) mass is 370 g/mol. The van der Waals surface area contributed by atoms with Crippen molar-refractivity contribution >= 4 is 51.4 Å². The van der Waals surface area contributed by atoms with E-state index >= 15 is 0 Å². The van der Waals surface area contributed by atoms with Crippen LogP contribution >= 0.6 is 23.1 Å². The van der Waals surface area contributed by atoms with Crippen molar-refractivity contribution in [3.8, 4) is 0 Å². The molecule has 0 unspecified atom stereocenters. The second-order valence-corrected chi connectivity index (χ2v) is 8.15. The maximum Gasteiger partial charge on any atom is 0.293 e. The number of amides is 1. The third-order valence-electron chi connectivity index (χ3n) is 4.16. The number of carbonyl (C=O) groups excluding carboxylic acids is 1. The molecule has 3 aromatic rings. The van der Waals surface area contributed by atoms with E-state index in [1.807, 2.05) is 47.5 Å². The molecule has 0 bridgehead atoms. The fourth-order valence-corrected chi connectivity index (χ4v) is 4.58. The van der Waals surface area contributed by atoms with Gasteiger partial charge in [0.05, 0.1) is 10.9 Å². The topological polar surface area (TPSA) is 58.1 Å². The van der Waals surface area contributed by atoms with Crippen LogP contribution in [0.3, 0.4) is 0 Å². The molecule has 0 atom stereocenters. The van der Waals surface area contributed by atoms with Crippen molar-refractivity contribution in [1.82, 2.24) is 9.97 Å². The first-order chi connectivity index (χ1) is 12.2. The minimum Gasteiger partial charge on any atom is -0.354 e. The molecule has 0 spiro atoms. The zero-order valence-corrected chi connectivity index (χ0v) is 15.5. The van der Waals surface area contributed by atoms with Gasteiger partial charge in [0, 0.05) is 40.5 Å².